The number of aliphatic hydroxyl groups is 1. The molecule has 1 aliphatic rings. The maximum Gasteiger partial charge on any atom is 0.173 e. The maximum absolute atomic E-state index is 9.40. The number of likely N-dealkylation sites (tertiary alicyclic amines) is 1. The van der Waals surface area contributed by atoms with Crippen molar-refractivity contribution in [3.63, 3.8) is 0 Å². The second kappa shape index (κ2) is 6.73. The summed E-state index contributed by atoms with van der Waals surface area (Å²) in [6, 6.07) is 7.80. The van der Waals surface area contributed by atoms with Gasteiger partial charge in [0.25, 0.3) is 0 Å². The van der Waals surface area contributed by atoms with Crippen LogP contribution >= 0.6 is 12.2 Å². The molecular weight excluding hydrogens is 260 g/mol. The van der Waals surface area contributed by atoms with E-state index in [4.69, 9.17) is 17.0 Å². The molecule has 1 aromatic rings. The number of nitrogens with zero attached hydrogens (tertiary/aromatic N) is 1. The van der Waals surface area contributed by atoms with E-state index in [1.807, 2.05) is 24.3 Å². The first-order valence-electron chi connectivity index (χ1n) is 6.57. The molecule has 0 saturated carbocycles. The zero-order valence-electron chi connectivity index (χ0n) is 11.1. The Morgan fingerprint density at radius 3 is 2.79 bits per heavy atom. The summed E-state index contributed by atoms with van der Waals surface area (Å²) in [4.78, 5) is 2.09. The molecule has 0 spiro atoms. The quantitative estimate of drug-likeness (QED) is 0.831. The van der Waals surface area contributed by atoms with Gasteiger partial charge < -0.3 is 20.1 Å². The van der Waals surface area contributed by atoms with E-state index in [-0.39, 0.29) is 12.6 Å². The van der Waals surface area contributed by atoms with Crippen LogP contribution in [0.4, 0.5) is 5.69 Å². The van der Waals surface area contributed by atoms with E-state index in [0.29, 0.717) is 5.11 Å². The third kappa shape index (κ3) is 3.58. The highest BCUT2D eigenvalue weighted by molar-refractivity contribution is 7.80. The molecule has 2 N–H and O–H groups in total. The van der Waals surface area contributed by atoms with E-state index < -0.39 is 0 Å². The van der Waals surface area contributed by atoms with Crippen LogP contribution < -0.4 is 10.1 Å². The molecule has 0 amide bonds. The van der Waals surface area contributed by atoms with Crippen LogP contribution in [0.3, 0.4) is 0 Å². The number of benzene rings is 1. The number of methoxy groups -OCH3 is 1. The summed E-state index contributed by atoms with van der Waals surface area (Å²) < 4.78 is 5.12. The molecule has 4 nitrogen and oxygen atoms in total. The van der Waals surface area contributed by atoms with Gasteiger partial charge >= 0.3 is 0 Å². The fourth-order valence-corrected chi connectivity index (χ4v) is 2.69. The van der Waals surface area contributed by atoms with Crippen LogP contribution in [0.5, 0.6) is 5.75 Å². The van der Waals surface area contributed by atoms with E-state index >= 15 is 0 Å². The van der Waals surface area contributed by atoms with Crippen molar-refractivity contribution in [2.75, 3.05) is 25.6 Å². The third-order valence-electron chi connectivity index (χ3n) is 3.44. The molecule has 1 heterocycles. The molecule has 104 valence electrons. The normalized spacial score (nSPS) is 19.1. The number of rotatable bonds is 3. The fraction of sp³-hybridized carbons (Fsp3) is 0.500. The van der Waals surface area contributed by atoms with Gasteiger partial charge in [-0.15, -0.1) is 0 Å². The summed E-state index contributed by atoms with van der Waals surface area (Å²) in [5, 5.41) is 13.3. The van der Waals surface area contributed by atoms with Gasteiger partial charge in [0.2, 0.25) is 0 Å². The Balaban J connectivity index is 1.98. The number of piperidine rings is 1. The van der Waals surface area contributed by atoms with Crippen LogP contribution in [0.25, 0.3) is 0 Å². The van der Waals surface area contributed by atoms with Crippen LogP contribution in [-0.2, 0) is 0 Å². The van der Waals surface area contributed by atoms with Crippen LogP contribution in [0.15, 0.2) is 24.3 Å². The number of ether oxygens (including phenoxy) is 1. The Hall–Kier alpha value is -1.33. The number of nitrogens with one attached hydrogen (secondary N) is 1. The van der Waals surface area contributed by atoms with Crippen LogP contribution in [0.2, 0.25) is 0 Å². The van der Waals surface area contributed by atoms with Crippen LogP contribution in [-0.4, -0.2) is 41.4 Å². The van der Waals surface area contributed by atoms with E-state index in [1.54, 1.807) is 7.11 Å². The van der Waals surface area contributed by atoms with Gasteiger partial charge in [0.1, 0.15) is 5.75 Å². The van der Waals surface area contributed by atoms with Crippen molar-refractivity contribution in [3.05, 3.63) is 24.3 Å². The monoisotopic (exact) mass is 280 g/mol. The average Bonchev–Trinajstić information content (AvgIpc) is 2.48. The molecule has 1 atom stereocenters. The summed E-state index contributed by atoms with van der Waals surface area (Å²) in [6.45, 7) is 1.07. The second-order valence-corrected chi connectivity index (χ2v) is 5.07. The van der Waals surface area contributed by atoms with Gasteiger partial charge in [0, 0.05) is 12.2 Å². The van der Waals surface area contributed by atoms with E-state index in [2.05, 4.69) is 10.2 Å². The predicted octanol–water partition coefficient (Wildman–Crippen LogP) is 2.24. The molecule has 0 aliphatic carbocycles. The van der Waals surface area contributed by atoms with Crippen molar-refractivity contribution in [3.8, 4) is 5.75 Å². The minimum absolute atomic E-state index is 0.145. The lowest BCUT2D eigenvalue weighted by atomic mass is 10.0. The van der Waals surface area contributed by atoms with Crippen molar-refractivity contribution < 1.29 is 9.84 Å². The maximum atomic E-state index is 9.40. The Morgan fingerprint density at radius 2 is 2.16 bits per heavy atom. The van der Waals surface area contributed by atoms with Crippen molar-refractivity contribution in [1.82, 2.24) is 4.90 Å². The molecule has 0 radical (unpaired) electrons. The van der Waals surface area contributed by atoms with E-state index in [1.165, 1.54) is 0 Å². The molecule has 19 heavy (non-hydrogen) atoms. The van der Waals surface area contributed by atoms with Crippen molar-refractivity contribution in [1.29, 1.82) is 0 Å². The largest absolute Gasteiger partial charge is 0.497 e. The predicted molar refractivity (Wildman–Crippen MR) is 80.6 cm³/mol. The highest BCUT2D eigenvalue weighted by Gasteiger charge is 2.23. The lowest BCUT2D eigenvalue weighted by molar-refractivity contribution is 0.149. The molecule has 1 aliphatic heterocycles. The molecule has 1 fully saturated rings. The van der Waals surface area contributed by atoms with Crippen molar-refractivity contribution >= 4 is 23.0 Å². The minimum Gasteiger partial charge on any atom is -0.497 e. The summed E-state index contributed by atoms with van der Waals surface area (Å²) in [6.07, 6.45) is 3.29. The molecule has 2 rings (SSSR count). The molecule has 0 bridgehead atoms. The van der Waals surface area contributed by atoms with Gasteiger partial charge in [-0.1, -0.05) is 0 Å². The topological polar surface area (TPSA) is 44.7 Å². The van der Waals surface area contributed by atoms with Crippen LogP contribution in [0, 0.1) is 0 Å². The first-order valence-corrected chi connectivity index (χ1v) is 6.98. The number of thiocarbonyl (C=S) groups is 1. The van der Waals surface area contributed by atoms with Gasteiger partial charge in [0.15, 0.2) is 5.11 Å². The Kier molecular flexibility index (Phi) is 4.99. The average molecular weight is 280 g/mol. The Bertz CT molecular complexity index is 422. The molecule has 5 heteroatoms. The lowest BCUT2D eigenvalue weighted by Gasteiger charge is -2.36. The lowest BCUT2D eigenvalue weighted by Crippen LogP contribution is -2.47. The first kappa shape index (κ1) is 14.1. The van der Waals surface area contributed by atoms with E-state index in [0.717, 1.165) is 37.2 Å². The summed E-state index contributed by atoms with van der Waals surface area (Å²) in [5.41, 5.74) is 0.938. The van der Waals surface area contributed by atoms with E-state index in [9.17, 15) is 5.11 Å². The van der Waals surface area contributed by atoms with Crippen molar-refractivity contribution in [2.24, 2.45) is 0 Å². The van der Waals surface area contributed by atoms with Gasteiger partial charge in [-0.3, -0.25) is 0 Å². The smallest absolute Gasteiger partial charge is 0.173 e. The number of aliphatic hydroxyl groups excluding tert-OH is 1. The zero-order chi connectivity index (χ0) is 13.7. The third-order valence-corrected chi connectivity index (χ3v) is 3.78. The summed E-state index contributed by atoms with van der Waals surface area (Å²) in [5.74, 6) is 0.822. The second-order valence-electron chi connectivity index (χ2n) is 4.68. The Labute approximate surface area is 119 Å². The van der Waals surface area contributed by atoms with Gasteiger partial charge in [0.05, 0.1) is 19.8 Å². The zero-order valence-corrected chi connectivity index (χ0v) is 11.9. The van der Waals surface area contributed by atoms with Gasteiger partial charge in [-0.2, -0.15) is 0 Å². The first-order chi connectivity index (χ1) is 9.24. The number of hydrogen-bond acceptors (Lipinski definition) is 3. The molecule has 1 unspecified atom stereocenters. The molecule has 0 aromatic heterocycles. The molecule has 1 aromatic carbocycles. The standard InChI is InChI=1S/C14H20N2O2S/c1-18-13-7-5-11(6-8-13)15-14(19)16-9-3-2-4-12(16)10-17/h5-8,12,17H,2-4,9-10H2,1H3,(H,15,19). The van der Waals surface area contributed by atoms with Gasteiger partial charge in [-0.05, 0) is 55.7 Å². The number of hydrogen-bond donors (Lipinski definition) is 2. The van der Waals surface area contributed by atoms with Gasteiger partial charge in [-0.25, -0.2) is 0 Å². The Morgan fingerprint density at radius 1 is 1.42 bits per heavy atom. The van der Waals surface area contributed by atoms with Crippen LogP contribution in [0.1, 0.15) is 19.3 Å². The summed E-state index contributed by atoms with van der Waals surface area (Å²) in [7, 11) is 1.65. The highest BCUT2D eigenvalue weighted by atomic mass is 32.1. The molecule has 1 saturated heterocycles. The SMILES string of the molecule is COc1ccc(NC(=S)N2CCCCC2CO)cc1. The summed E-state index contributed by atoms with van der Waals surface area (Å²) >= 11 is 5.43. The van der Waals surface area contributed by atoms with Crippen molar-refractivity contribution in [2.45, 2.75) is 25.3 Å². The number of anilines is 1. The fourth-order valence-electron chi connectivity index (χ4n) is 2.33. The highest BCUT2D eigenvalue weighted by Crippen LogP contribution is 2.20. The molecular formula is C14H20N2O2S. The minimum atomic E-state index is 0.145.